The van der Waals surface area contributed by atoms with Crippen LogP contribution >= 0.6 is 0 Å². The van der Waals surface area contributed by atoms with Gasteiger partial charge in [-0.2, -0.15) is 0 Å². The van der Waals surface area contributed by atoms with Crippen LogP contribution in [-0.4, -0.2) is 12.5 Å². The van der Waals surface area contributed by atoms with Gasteiger partial charge in [0.05, 0.1) is 12.1 Å². The van der Waals surface area contributed by atoms with Gasteiger partial charge in [0.25, 0.3) is 0 Å². The minimum Gasteiger partial charge on any atom is -0.326 e. The fourth-order valence-electron chi connectivity index (χ4n) is 1.91. The first-order valence-corrected chi connectivity index (χ1v) is 6.41. The maximum absolute atomic E-state index is 13.7. The molecular weight excluding hydrogens is 243 g/mol. The lowest BCUT2D eigenvalue weighted by molar-refractivity contribution is -0.119. The molecule has 0 heterocycles. The van der Waals surface area contributed by atoms with Crippen LogP contribution in [0.2, 0.25) is 0 Å². The van der Waals surface area contributed by atoms with Gasteiger partial charge in [-0.1, -0.05) is 18.8 Å². The predicted octanol–water partition coefficient (Wildman–Crippen LogP) is 2.12. The Morgan fingerprint density at radius 2 is 2.32 bits per heavy atom. The van der Waals surface area contributed by atoms with E-state index in [-0.39, 0.29) is 18.4 Å². The molecule has 1 atom stereocenters. The number of rotatable bonds is 3. The van der Waals surface area contributed by atoms with Crippen molar-refractivity contribution in [1.29, 1.82) is 0 Å². The first kappa shape index (κ1) is 13.6. The van der Waals surface area contributed by atoms with Crippen LogP contribution < -0.4 is 11.1 Å². The number of nitrogens with one attached hydrogen (secondary N) is 1. The topological polar surface area (TPSA) is 55.1 Å². The number of amides is 1. The van der Waals surface area contributed by atoms with E-state index in [4.69, 9.17) is 5.73 Å². The number of anilines is 1. The highest BCUT2D eigenvalue weighted by atomic mass is 19.1. The zero-order valence-corrected chi connectivity index (χ0v) is 10.9. The summed E-state index contributed by atoms with van der Waals surface area (Å²) in [5.74, 6) is 5.21. The van der Waals surface area contributed by atoms with Gasteiger partial charge in [0.15, 0.2) is 0 Å². The van der Waals surface area contributed by atoms with Crippen molar-refractivity contribution in [2.75, 3.05) is 11.9 Å². The second kappa shape index (κ2) is 5.85. The summed E-state index contributed by atoms with van der Waals surface area (Å²) in [5, 5.41) is 2.74. The predicted molar refractivity (Wildman–Crippen MR) is 72.9 cm³/mol. The molecule has 2 rings (SSSR count). The molecule has 1 unspecified atom stereocenters. The fraction of sp³-hybridized carbons (Fsp3) is 0.400. The van der Waals surface area contributed by atoms with Crippen LogP contribution in [0.15, 0.2) is 18.2 Å². The smallest absolute Gasteiger partial charge is 0.227 e. The third-order valence-corrected chi connectivity index (χ3v) is 3.30. The van der Waals surface area contributed by atoms with Gasteiger partial charge >= 0.3 is 0 Å². The summed E-state index contributed by atoms with van der Waals surface area (Å²) in [6.45, 7) is 2.10. The summed E-state index contributed by atoms with van der Waals surface area (Å²) in [5.41, 5.74) is 5.99. The molecule has 1 amide bonds. The molecule has 1 aliphatic rings. The number of nitrogens with two attached hydrogens (primary N) is 1. The maximum atomic E-state index is 13.7. The van der Waals surface area contributed by atoms with Crippen molar-refractivity contribution in [3.63, 3.8) is 0 Å². The number of carbonyl (C=O) groups is 1. The van der Waals surface area contributed by atoms with Crippen LogP contribution in [-0.2, 0) is 4.79 Å². The Morgan fingerprint density at radius 3 is 2.89 bits per heavy atom. The molecule has 1 aliphatic carbocycles. The number of hydrogen-bond donors (Lipinski definition) is 2. The molecule has 100 valence electrons. The van der Waals surface area contributed by atoms with Crippen LogP contribution in [0.25, 0.3) is 0 Å². The van der Waals surface area contributed by atoms with Gasteiger partial charge in [-0.05, 0) is 37.0 Å². The molecule has 1 aromatic carbocycles. The molecule has 4 heteroatoms. The molecule has 0 aromatic heterocycles. The van der Waals surface area contributed by atoms with E-state index in [0.717, 1.165) is 12.8 Å². The second-order valence-electron chi connectivity index (χ2n) is 4.82. The van der Waals surface area contributed by atoms with Crippen molar-refractivity contribution >= 4 is 11.6 Å². The second-order valence-corrected chi connectivity index (χ2v) is 4.82. The number of hydrogen-bond acceptors (Lipinski definition) is 2. The highest BCUT2D eigenvalue weighted by Gasteiger charge is 2.32. The zero-order valence-electron chi connectivity index (χ0n) is 10.9. The van der Waals surface area contributed by atoms with Crippen molar-refractivity contribution in [3.05, 3.63) is 29.6 Å². The molecule has 0 spiro atoms. The number of carbonyl (C=O) groups excluding carboxylic acids is 1. The van der Waals surface area contributed by atoms with E-state index in [1.54, 1.807) is 12.1 Å². The molecule has 1 saturated carbocycles. The molecule has 1 fully saturated rings. The summed E-state index contributed by atoms with van der Waals surface area (Å²) >= 11 is 0. The Balaban J connectivity index is 2.05. The third-order valence-electron chi connectivity index (χ3n) is 3.30. The summed E-state index contributed by atoms with van der Waals surface area (Å²) in [7, 11) is 0. The molecule has 3 N–H and O–H groups in total. The minimum absolute atomic E-state index is 0.0141. The van der Waals surface area contributed by atoms with Gasteiger partial charge in [-0.15, -0.1) is 0 Å². The standard InChI is InChI=1S/C15H17FN2O/c1-10(11-4-5-11)15(19)18-13-7-6-12(3-2-8-17)14(16)9-13/h6-7,9-11H,4-5,8,17H2,1H3,(H,18,19). The van der Waals surface area contributed by atoms with Crippen molar-refractivity contribution in [3.8, 4) is 11.8 Å². The molecule has 0 saturated heterocycles. The highest BCUT2D eigenvalue weighted by molar-refractivity contribution is 5.92. The van der Waals surface area contributed by atoms with Crippen LogP contribution in [0.5, 0.6) is 0 Å². The average Bonchev–Trinajstić information content (AvgIpc) is 3.21. The van der Waals surface area contributed by atoms with Crippen molar-refractivity contribution in [2.24, 2.45) is 17.6 Å². The van der Waals surface area contributed by atoms with Gasteiger partial charge in [-0.3, -0.25) is 4.79 Å². The molecule has 3 nitrogen and oxygen atoms in total. The van der Waals surface area contributed by atoms with Crippen LogP contribution in [0, 0.1) is 29.5 Å². The minimum atomic E-state index is -0.446. The number of halogens is 1. The summed E-state index contributed by atoms with van der Waals surface area (Å²) < 4.78 is 13.7. The Bertz CT molecular complexity index is 541. The first-order chi connectivity index (χ1) is 9.11. The molecular formula is C15H17FN2O. The molecule has 0 aliphatic heterocycles. The summed E-state index contributed by atoms with van der Waals surface area (Å²) in [6, 6.07) is 4.49. The van der Waals surface area contributed by atoms with Crippen LogP contribution in [0.3, 0.4) is 0 Å². The van der Waals surface area contributed by atoms with Crippen LogP contribution in [0.1, 0.15) is 25.3 Å². The molecule has 1 aromatic rings. The Morgan fingerprint density at radius 1 is 1.58 bits per heavy atom. The summed E-state index contributed by atoms with van der Waals surface area (Å²) in [6.07, 6.45) is 2.22. The fourth-order valence-corrected chi connectivity index (χ4v) is 1.91. The van der Waals surface area contributed by atoms with E-state index in [9.17, 15) is 9.18 Å². The highest BCUT2D eigenvalue weighted by Crippen LogP contribution is 2.37. The van der Waals surface area contributed by atoms with Gasteiger partial charge < -0.3 is 11.1 Å². The van der Waals surface area contributed by atoms with Gasteiger partial charge in [0.1, 0.15) is 5.82 Å². The third kappa shape index (κ3) is 3.55. The zero-order chi connectivity index (χ0) is 13.8. The van der Waals surface area contributed by atoms with Gasteiger partial charge in [0, 0.05) is 11.6 Å². The Hall–Kier alpha value is -1.86. The van der Waals surface area contributed by atoms with E-state index in [2.05, 4.69) is 17.2 Å². The lowest BCUT2D eigenvalue weighted by atomic mass is 10.1. The van der Waals surface area contributed by atoms with Crippen molar-refractivity contribution < 1.29 is 9.18 Å². The van der Waals surface area contributed by atoms with Gasteiger partial charge in [-0.25, -0.2) is 4.39 Å². The van der Waals surface area contributed by atoms with E-state index >= 15 is 0 Å². The lowest BCUT2D eigenvalue weighted by Gasteiger charge is -2.11. The quantitative estimate of drug-likeness (QED) is 0.818. The maximum Gasteiger partial charge on any atom is 0.227 e. The van der Waals surface area contributed by atoms with Crippen molar-refractivity contribution in [1.82, 2.24) is 0 Å². The summed E-state index contributed by atoms with van der Waals surface area (Å²) in [4.78, 5) is 11.9. The first-order valence-electron chi connectivity index (χ1n) is 6.41. The Kier molecular flexibility index (Phi) is 4.18. The normalized spacial score (nSPS) is 15.3. The van der Waals surface area contributed by atoms with E-state index in [1.807, 2.05) is 6.92 Å². The number of benzene rings is 1. The monoisotopic (exact) mass is 260 g/mol. The van der Waals surface area contributed by atoms with Gasteiger partial charge in [0.2, 0.25) is 5.91 Å². The lowest BCUT2D eigenvalue weighted by Crippen LogP contribution is -2.21. The molecule has 0 radical (unpaired) electrons. The van der Waals surface area contributed by atoms with Crippen LogP contribution in [0.4, 0.5) is 10.1 Å². The van der Waals surface area contributed by atoms with E-state index in [1.165, 1.54) is 6.07 Å². The average molecular weight is 260 g/mol. The Labute approximate surface area is 112 Å². The largest absolute Gasteiger partial charge is 0.326 e. The van der Waals surface area contributed by atoms with E-state index in [0.29, 0.717) is 17.2 Å². The molecule has 0 bridgehead atoms. The van der Waals surface area contributed by atoms with E-state index < -0.39 is 5.82 Å². The van der Waals surface area contributed by atoms with Crippen molar-refractivity contribution in [2.45, 2.75) is 19.8 Å². The molecule has 19 heavy (non-hydrogen) atoms. The SMILES string of the molecule is CC(C(=O)Nc1ccc(C#CCN)c(F)c1)C1CC1.